The summed E-state index contributed by atoms with van der Waals surface area (Å²) >= 11 is 1.91. The van der Waals surface area contributed by atoms with Crippen molar-refractivity contribution in [1.82, 2.24) is 5.32 Å². The van der Waals surface area contributed by atoms with Crippen LogP contribution in [-0.2, 0) is 6.42 Å². The second-order valence-corrected chi connectivity index (χ2v) is 5.54. The predicted octanol–water partition coefficient (Wildman–Crippen LogP) is 2.91. The van der Waals surface area contributed by atoms with Crippen LogP contribution in [0.15, 0.2) is 23.1 Å². The lowest BCUT2D eigenvalue weighted by Gasteiger charge is -2.15. The van der Waals surface area contributed by atoms with Crippen molar-refractivity contribution in [3.8, 4) is 0 Å². The molecule has 0 amide bonds. The summed E-state index contributed by atoms with van der Waals surface area (Å²) in [5.74, 6) is 1.49. The summed E-state index contributed by atoms with van der Waals surface area (Å²) < 4.78 is 0. The first-order chi connectivity index (χ1) is 8.31. The number of hydrogen-bond acceptors (Lipinski definition) is 3. The van der Waals surface area contributed by atoms with E-state index in [0.29, 0.717) is 6.42 Å². The molecule has 1 aliphatic heterocycles. The third kappa shape index (κ3) is 3.33. The Morgan fingerprint density at radius 3 is 3.18 bits per heavy atom. The molecule has 0 unspecified atom stereocenters. The number of carbonyl (C=O) groups is 1. The normalized spacial score (nSPS) is 14.4. The maximum atomic E-state index is 12.0. The van der Waals surface area contributed by atoms with Crippen LogP contribution in [0.1, 0.15) is 35.2 Å². The smallest absolute Gasteiger partial charge is 0.162 e. The van der Waals surface area contributed by atoms with Gasteiger partial charge in [-0.1, -0.05) is 6.07 Å². The molecule has 92 valence electrons. The molecule has 17 heavy (non-hydrogen) atoms. The molecule has 2 nitrogen and oxygen atoms in total. The fraction of sp³-hybridized carbons (Fsp3) is 0.500. The van der Waals surface area contributed by atoms with Crippen molar-refractivity contribution < 1.29 is 4.79 Å². The van der Waals surface area contributed by atoms with E-state index in [-0.39, 0.29) is 5.78 Å². The zero-order chi connectivity index (χ0) is 12.1. The minimum Gasteiger partial charge on any atom is -0.320 e. The quantitative estimate of drug-likeness (QED) is 0.642. The third-order valence-electron chi connectivity index (χ3n) is 3.06. The number of Topliss-reactive ketones (excluding diaryl/α,β-unsaturated/α-hetero) is 1. The molecule has 1 aliphatic rings. The molecule has 0 radical (unpaired) electrons. The molecule has 0 fully saturated rings. The predicted molar refractivity (Wildman–Crippen MR) is 73.0 cm³/mol. The highest BCUT2D eigenvalue weighted by Crippen LogP contribution is 2.30. The topological polar surface area (TPSA) is 29.1 Å². The standard InChI is InChI=1S/C14H19NOS/c1-15-8-2-5-13(16)11-6-7-14-12(10-11)4-3-9-17-14/h6-7,10,15H,2-5,8-9H2,1H3. The van der Waals surface area contributed by atoms with Gasteiger partial charge in [0, 0.05) is 16.9 Å². The molecule has 0 saturated heterocycles. The first-order valence-electron chi connectivity index (χ1n) is 6.25. The van der Waals surface area contributed by atoms with Gasteiger partial charge in [0.15, 0.2) is 5.78 Å². The lowest BCUT2D eigenvalue weighted by atomic mass is 10.0. The molecule has 1 aromatic rings. The van der Waals surface area contributed by atoms with Crippen molar-refractivity contribution in [2.45, 2.75) is 30.6 Å². The first kappa shape index (κ1) is 12.7. The minimum atomic E-state index is 0.277. The largest absolute Gasteiger partial charge is 0.320 e. The lowest BCUT2D eigenvalue weighted by Crippen LogP contribution is -2.10. The summed E-state index contributed by atoms with van der Waals surface area (Å²) in [5, 5.41) is 3.07. The maximum Gasteiger partial charge on any atom is 0.162 e. The van der Waals surface area contributed by atoms with Gasteiger partial charge < -0.3 is 5.32 Å². The summed E-state index contributed by atoms with van der Waals surface area (Å²) in [6, 6.07) is 6.20. The molecule has 0 aromatic heterocycles. The van der Waals surface area contributed by atoms with E-state index < -0.39 is 0 Å². The Kier molecular flexibility index (Phi) is 4.63. The third-order valence-corrected chi connectivity index (χ3v) is 4.26. The second-order valence-electron chi connectivity index (χ2n) is 4.40. The van der Waals surface area contributed by atoms with Gasteiger partial charge in [-0.25, -0.2) is 0 Å². The second kappa shape index (κ2) is 6.22. The number of hydrogen-bond donors (Lipinski definition) is 1. The van der Waals surface area contributed by atoms with Gasteiger partial charge in [0.25, 0.3) is 0 Å². The van der Waals surface area contributed by atoms with Crippen molar-refractivity contribution >= 4 is 17.5 Å². The number of fused-ring (bicyclic) bond motifs is 1. The van der Waals surface area contributed by atoms with E-state index in [1.807, 2.05) is 24.9 Å². The maximum absolute atomic E-state index is 12.0. The van der Waals surface area contributed by atoms with Crippen molar-refractivity contribution in [1.29, 1.82) is 0 Å². The van der Waals surface area contributed by atoms with E-state index in [9.17, 15) is 4.79 Å². The Morgan fingerprint density at radius 1 is 1.47 bits per heavy atom. The van der Waals surface area contributed by atoms with Crippen LogP contribution < -0.4 is 5.32 Å². The Balaban J connectivity index is 2.03. The molecular formula is C14H19NOS. The van der Waals surface area contributed by atoms with Crippen LogP contribution in [0.5, 0.6) is 0 Å². The fourth-order valence-corrected chi connectivity index (χ4v) is 3.12. The van der Waals surface area contributed by atoms with E-state index in [4.69, 9.17) is 0 Å². The van der Waals surface area contributed by atoms with Gasteiger partial charge in [-0.2, -0.15) is 0 Å². The summed E-state index contributed by atoms with van der Waals surface area (Å²) in [4.78, 5) is 13.3. The molecule has 0 atom stereocenters. The van der Waals surface area contributed by atoms with Crippen LogP contribution in [0.4, 0.5) is 0 Å². The van der Waals surface area contributed by atoms with Gasteiger partial charge in [-0.3, -0.25) is 4.79 Å². The highest BCUT2D eigenvalue weighted by atomic mass is 32.2. The molecule has 0 saturated carbocycles. The zero-order valence-corrected chi connectivity index (χ0v) is 11.1. The lowest BCUT2D eigenvalue weighted by molar-refractivity contribution is 0.0980. The van der Waals surface area contributed by atoms with Crippen LogP contribution in [0.2, 0.25) is 0 Å². The molecule has 1 aromatic carbocycles. The number of benzene rings is 1. The monoisotopic (exact) mass is 249 g/mol. The van der Waals surface area contributed by atoms with Crippen molar-refractivity contribution in [2.24, 2.45) is 0 Å². The zero-order valence-electron chi connectivity index (χ0n) is 10.3. The Bertz CT molecular complexity index is 403. The van der Waals surface area contributed by atoms with E-state index >= 15 is 0 Å². The van der Waals surface area contributed by atoms with Gasteiger partial charge in [0.1, 0.15) is 0 Å². The molecule has 1 heterocycles. The van der Waals surface area contributed by atoms with Crippen LogP contribution in [0.25, 0.3) is 0 Å². The molecule has 0 spiro atoms. The Labute approximate surface area is 107 Å². The molecular weight excluding hydrogens is 230 g/mol. The van der Waals surface area contributed by atoms with Crippen LogP contribution >= 0.6 is 11.8 Å². The summed E-state index contributed by atoms with van der Waals surface area (Å²) in [5.41, 5.74) is 2.25. The van der Waals surface area contributed by atoms with E-state index in [2.05, 4.69) is 17.4 Å². The van der Waals surface area contributed by atoms with Gasteiger partial charge in [-0.05, 0) is 56.3 Å². The molecule has 3 heteroatoms. The van der Waals surface area contributed by atoms with Gasteiger partial charge >= 0.3 is 0 Å². The summed E-state index contributed by atoms with van der Waals surface area (Å²) in [6.07, 6.45) is 3.92. The molecule has 0 aliphatic carbocycles. The number of nitrogens with one attached hydrogen (secondary N) is 1. The molecule has 1 N–H and O–H groups in total. The number of rotatable bonds is 5. The van der Waals surface area contributed by atoms with Crippen molar-refractivity contribution in [3.05, 3.63) is 29.3 Å². The van der Waals surface area contributed by atoms with Crippen molar-refractivity contribution in [3.63, 3.8) is 0 Å². The minimum absolute atomic E-state index is 0.277. The van der Waals surface area contributed by atoms with E-state index in [1.54, 1.807) is 0 Å². The SMILES string of the molecule is CNCCCC(=O)c1ccc2c(c1)CCCS2. The number of carbonyl (C=O) groups excluding carboxylic acids is 1. The number of ketones is 1. The van der Waals surface area contributed by atoms with Gasteiger partial charge in [-0.15, -0.1) is 11.8 Å². The Hall–Kier alpha value is -0.800. The molecule has 2 rings (SSSR count). The van der Waals surface area contributed by atoms with Crippen LogP contribution in [0, 0.1) is 0 Å². The Morgan fingerprint density at radius 2 is 2.35 bits per heavy atom. The first-order valence-corrected chi connectivity index (χ1v) is 7.23. The average Bonchev–Trinajstić information content (AvgIpc) is 2.38. The number of aryl methyl sites for hydroxylation is 1. The van der Waals surface area contributed by atoms with E-state index in [1.165, 1.54) is 22.6 Å². The van der Waals surface area contributed by atoms with Crippen LogP contribution in [-0.4, -0.2) is 25.1 Å². The highest BCUT2D eigenvalue weighted by molar-refractivity contribution is 7.99. The van der Waals surface area contributed by atoms with Crippen LogP contribution in [0.3, 0.4) is 0 Å². The number of thioether (sulfide) groups is 1. The van der Waals surface area contributed by atoms with Gasteiger partial charge in [0.05, 0.1) is 0 Å². The highest BCUT2D eigenvalue weighted by Gasteiger charge is 2.12. The fourth-order valence-electron chi connectivity index (χ4n) is 2.10. The van der Waals surface area contributed by atoms with Crippen molar-refractivity contribution in [2.75, 3.05) is 19.3 Å². The summed E-state index contributed by atoms with van der Waals surface area (Å²) in [6.45, 7) is 0.909. The van der Waals surface area contributed by atoms with Gasteiger partial charge in [0.2, 0.25) is 0 Å². The molecule has 0 bridgehead atoms. The van der Waals surface area contributed by atoms with E-state index in [0.717, 1.165) is 24.9 Å². The summed E-state index contributed by atoms with van der Waals surface area (Å²) in [7, 11) is 1.92. The average molecular weight is 249 g/mol.